The number of aryl methyl sites for hydroxylation is 1. The minimum atomic E-state index is -2.79. The van der Waals surface area contributed by atoms with E-state index in [9.17, 15) is 8.78 Å². The fraction of sp³-hybridized carbons (Fsp3) is 0.320. The van der Waals surface area contributed by atoms with Crippen LogP contribution in [0.25, 0.3) is 22.3 Å². The Morgan fingerprint density at radius 3 is 2.37 bits per heavy atom. The van der Waals surface area contributed by atoms with Gasteiger partial charge in [0.15, 0.2) is 0 Å². The van der Waals surface area contributed by atoms with Crippen LogP contribution in [-0.2, 0) is 7.05 Å². The maximum Gasteiger partial charge on any atom is 0.257 e. The van der Waals surface area contributed by atoms with Crippen molar-refractivity contribution in [1.82, 2.24) is 25.1 Å². The van der Waals surface area contributed by atoms with E-state index >= 15 is 0 Å². The summed E-state index contributed by atoms with van der Waals surface area (Å²) in [6, 6.07) is 11.3. The van der Waals surface area contributed by atoms with Crippen LogP contribution in [0.3, 0.4) is 0 Å². The Kier molecular flexibility index (Phi) is 7.11. The van der Waals surface area contributed by atoms with E-state index in [0.29, 0.717) is 35.8 Å². The maximum atomic E-state index is 13.3. The van der Waals surface area contributed by atoms with E-state index < -0.39 is 12.5 Å². The summed E-state index contributed by atoms with van der Waals surface area (Å²) in [6.07, 6.45) is 5.34. The van der Waals surface area contributed by atoms with Crippen molar-refractivity contribution in [2.24, 2.45) is 7.05 Å². The van der Waals surface area contributed by atoms with Crippen molar-refractivity contribution in [1.29, 1.82) is 0 Å². The van der Waals surface area contributed by atoms with E-state index in [2.05, 4.69) is 15.4 Å². The molecule has 0 saturated heterocycles. The van der Waals surface area contributed by atoms with Crippen molar-refractivity contribution in [3.8, 4) is 22.8 Å². The number of ether oxygens (including phenoxy) is 2. The van der Waals surface area contributed by atoms with Gasteiger partial charge in [0, 0.05) is 68.4 Å². The van der Waals surface area contributed by atoms with Gasteiger partial charge in [0.2, 0.25) is 0 Å². The zero-order valence-electron chi connectivity index (χ0n) is 20.1. The molecule has 0 aliphatic heterocycles. The molecule has 2 aromatic carbocycles. The second-order valence-corrected chi connectivity index (χ2v) is 8.30. The zero-order valence-corrected chi connectivity index (χ0v) is 20.1. The minimum absolute atomic E-state index is 0.336. The van der Waals surface area contributed by atoms with Crippen LogP contribution in [-0.4, -0.2) is 59.5 Å². The number of fused-ring (bicyclic) bond motifs is 1. The van der Waals surface area contributed by atoms with Crippen LogP contribution in [0.2, 0.25) is 0 Å². The van der Waals surface area contributed by atoms with Gasteiger partial charge in [-0.05, 0) is 18.2 Å². The van der Waals surface area contributed by atoms with Gasteiger partial charge < -0.3 is 19.7 Å². The number of aromatic nitrogens is 4. The third kappa shape index (κ3) is 6.02. The van der Waals surface area contributed by atoms with Crippen molar-refractivity contribution in [2.75, 3.05) is 38.8 Å². The van der Waals surface area contributed by atoms with Crippen LogP contribution in [0.1, 0.15) is 6.92 Å². The molecule has 2 heterocycles. The Hall–Kier alpha value is -3.79. The summed E-state index contributed by atoms with van der Waals surface area (Å²) in [4.78, 5) is 11.3. The first-order valence-electron chi connectivity index (χ1n) is 11.1. The number of alkyl halides is 2. The molecule has 0 unspecified atom stereocenters. The molecule has 0 aliphatic rings. The Morgan fingerprint density at radius 1 is 1.00 bits per heavy atom. The first-order valence-corrected chi connectivity index (χ1v) is 11.1. The molecule has 0 saturated carbocycles. The summed E-state index contributed by atoms with van der Waals surface area (Å²) in [5.41, 5.74) is 4.65. The lowest BCUT2D eigenvalue weighted by Crippen LogP contribution is -2.35. The van der Waals surface area contributed by atoms with Crippen LogP contribution >= 0.6 is 0 Å². The van der Waals surface area contributed by atoms with E-state index in [1.54, 1.807) is 37.4 Å². The summed E-state index contributed by atoms with van der Waals surface area (Å²) in [5.74, 6) is -1.54. The van der Waals surface area contributed by atoms with E-state index in [4.69, 9.17) is 14.5 Å². The molecule has 1 N–H and O–H groups in total. The molecule has 0 fully saturated rings. The van der Waals surface area contributed by atoms with Gasteiger partial charge in [-0.1, -0.05) is 0 Å². The number of methoxy groups -OCH3 is 2. The number of nitrogens with one attached hydrogen (secondary N) is 1. The highest BCUT2D eigenvalue weighted by atomic mass is 19.3. The number of halogens is 2. The number of hydrogen-bond acceptors (Lipinski definition) is 7. The Bertz CT molecular complexity index is 1280. The number of anilines is 2. The molecule has 0 radical (unpaired) electrons. The largest absolute Gasteiger partial charge is 0.497 e. The van der Waals surface area contributed by atoms with Gasteiger partial charge in [0.25, 0.3) is 5.92 Å². The first kappa shape index (κ1) is 24.3. The highest BCUT2D eigenvalue weighted by Gasteiger charge is 2.20. The van der Waals surface area contributed by atoms with Crippen LogP contribution < -0.4 is 19.7 Å². The minimum Gasteiger partial charge on any atom is -0.497 e. The summed E-state index contributed by atoms with van der Waals surface area (Å²) >= 11 is 0. The topological polar surface area (TPSA) is 77.3 Å². The van der Waals surface area contributed by atoms with Gasteiger partial charge >= 0.3 is 0 Å². The predicted octanol–water partition coefficient (Wildman–Crippen LogP) is 4.43. The fourth-order valence-corrected chi connectivity index (χ4v) is 3.71. The lowest BCUT2D eigenvalue weighted by Gasteiger charge is -2.26. The lowest BCUT2D eigenvalue weighted by molar-refractivity contribution is 0.0231. The van der Waals surface area contributed by atoms with Gasteiger partial charge in [0.1, 0.15) is 11.5 Å². The second kappa shape index (κ2) is 10.2. The summed E-state index contributed by atoms with van der Waals surface area (Å²) in [6.45, 7) is 1.25. The van der Waals surface area contributed by atoms with E-state index in [-0.39, 0.29) is 0 Å². The van der Waals surface area contributed by atoms with Gasteiger partial charge in [-0.15, -0.1) is 0 Å². The molecule has 0 bridgehead atoms. The predicted molar refractivity (Wildman–Crippen MR) is 132 cm³/mol. The smallest absolute Gasteiger partial charge is 0.257 e. The highest BCUT2D eigenvalue weighted by molar-refractivity contribution is 5.82. The average molecular weight is 483 g/mol. The van der Waals surface area contributed by atoms with Crippen LogP contribution in [0, 0.1) is 0 Å². The molecule has 0 spiro atoms. The molecular formula is C25H28F2N6O2. The number of hydrogen-bond donors (Lipinski definition) is 1. The van der Waals surface area contributed by atoms with Crippen molar-refractivity contribution >= 4 is 22.4 Å². The van der Waals surface area contributed by atoms with E-state index in [1.165, 1.54) is 0 Å². The summed E-state index contributed by atoms with van der Waals surface area (Å²) in [5, 5.41) is 7.04. The van der Waals surface area contributed by atoms with Crippen molar-refractivity contribution < 1.29 is 18.3 Å². The molecule has 0 atom stereocenters. The van der Waals surface area contributed by atoms with E-state index in [1.807, 2.05) is 48.5 Å². The van der Waals surface area contributed by atoms with Gasteiger partial charge in [-0.2, -0.15) is 5.10 Å². The highest BCUT2D eigenvalue weighted by Crippen LogP contribution is 2.34. The molecule has 184 valence electrons. The Morgan fingerprint density at radius 2 is 1.74 bits per heavy atom. The first-order chi connectivity index (χ1) is 16.8. The van der Waals surface area contributed by atoms with Gasteiger partial charge in [0.05, 0.1) is 49.9 Å². The fourth-order valence-electron chi connectivity index (χ4n) is 3.71. The molecular weight excluding hydrogens is 454 g/mol. The van der Waals surface area contributed by atoms with Crippen molar-refractivity contribution in [3.63, 3.8) is 0 Å². The Labute approximate surface area is 202 Å². The molecule has 0 aliphatic carbocycles. The molecule has 4 rings (SSSR count). The SMILES string of the molecule is COc1cc(OC)cc(N(CCNCC(C)(F)F)c2ccc3ncc(-c4cnn(C)c4)nc3c2)c1. The standard InChI is InChI=1S/C25H28F2N6O2/c1-25(26,27)16-28-7-8-33(19-9-20(34-3)12-21(10-19)35-4)18-5-6-22-23(11-18)31-24(14-29-22)17-13-30-32(2)15-17/h5-6,9-15,28H,7-8,16H2,1-4H3. The zero-order chi connectivity index (χ0) is 25.0. The van der Waals surface area contributed by atoms with Gasteiger partial charge in [-0.25, -0.2) is 13.8 Å². The normalized spacial score (nSPS) is 11.6. The molecule has 10 heteroatoms. The second-order valence-electron chi connectivity index (χ2n) is 8.30. The maximum absolute atomic E-state index is 13.3. The lowest BCUT2D eigenvalue weighted by atomic mass is 10.2. The van der Waals surface area contributed by atoms with E-state index in [0.717, 1.165) is 29.4 Å². The monoisotopic (exact) mass is 482 g/mol. The van der Waals surface area contributed by atoms with Crippen molar-refractivity contribution in [2.45, 2.75) is 12.8 Å². The van der Waals surface area contributed by atoms with Crippen molar-refractivity contribution in [3.05, 3.63) is 55.0 Å². The molecule has 4 aromatic rings. The quantitative estimate of drug-likeness (QED) is 0.335. The molecule has 2 aromatic heterocycles. The molecule has 0 amide bonds. The number of rotatable bonds is 10. The Balaban J connectivity index is 1.71. The molecule has 35 heavy (non-hydrogen) atoms. The average Bonchev–Trinajstić information content (AvgIpc) is 3.28. The van der Waals surface area contributed by atoms with Crippen LogP contribution in [0.5, 0.6) is 11.5 Å². The molecule has 8 nitrogen and oxygen atoms in total. The number of nitrogens with zero attached hydrogens (tertiary/aromatic N) is 5. The summed E-state index contributed by atoms with van der Waals surface area (Å²) < 4.78 is 39.2. The van der Waals surface area contributed by atoms with Gasteiger partial charge in [-0.3, -0.25) is 9.67 Å². The number of benzene rings is 2. The third-order valence-electron chi connectivity index (χ3n) is 5.43. The van der Waals surface area contributed by atoms with Crippen LogP contribution in [0.4, 0.5) is 20.2 Å². The summed E-state index contributed by atoms with van der Waals surface area (Å²) in [7, 11) is 5.01. The third-order valence-corrected chi connectivity index (χ3v) is 5.43. The van der Waals surface area contributed by atoms with Crippen LogP contribution in [0.15, 0.2) is 55.0 Å².